The van der Waals surface area contributed by atoms with Crippen LogP contribution < -0.4 is 5.32 Å². The number of esters is 1. The van der Waals surface area contributed by atoms with Crippen molar-refractivity contribution < 1.29 is 19.2 Å². The number of benzene rings is 2. The lowest BCUT2D eigenvalue weighted by molar-refractivity contribution is -0.383. The van der Waals surface area contributed by atoms with E-state index in [1.165, 1.54) is 18.2 Å². The third kappa shape index (κ3) is 3.20. The number of H-pyrrole nitrogens is 1. The molecule has 0 fully saturated rings. The van der Waals surface area contributed by atoms with Crippen molar-refractivity contribution >= 4 is 45.9 Å². The Labute approximate surface area is 151 Å². The molecule has 0 radical (unpaired) electrons. The van der Waals surface area contributed by atoms with Crippen molar-refractivity contribution in [3.05, 3.63) is 62.9 Å². The van der Waals surface area contributed by atoms with E-state index in [2.05, 4.69) is 20.0 Å². The Balaban J connectivity index is 2.02. The number of ether oxygens (including phenoxy) is 1. The second-order valence-electron chi connectivity index (χ2n) is 5.15. The fraction of sp³-hybridized carbons (Fsp3) is 0.0625. The number of carbonyl (C=O) groups excluding carboxylic acids is 2. The Morgan fingerprint density at radius 3 is 2.77 bits per heavy atom. The molecule has 0 unspecified atom stereocenters. The fourth-order valence-corrected chi connectivity index (χ4v) is 2.53. The van der Waals surface area contributed by atoms with Crippen molar-refractivity contribution in [3.63, 3.8) is 0 Å². The fourth-order valence-electron chi connectivity index (χ4n) is 2.36. The normalized spacial score (nSPS) is 10.5. The van der Waals surface area contributed by atoms with Gasteiger partial charge in [-0.05, 0) is 24.3 Å². The zero-order valence-corrected chi connectivity index (χ0v) is 14.0. The van der Waals surface area contributed by atoms with Crippen molar-refractivity contribution in [1.82, 2.24) is 9.97 Å². The lowest BCUT2D eigenvalue weighted by Gasteiger charge is -2.09. The molecule has 0 spiro atoms. The van der Waals surface area contributed by atoms with Crippen molar-refractivity contribution in [3.8, 4) is 0 Å². The third-order valence-corrected chi connectivity index (χ3v) is 3.78. The van der Waals surface area contributed by atoms with Gasteiger partial charge in [0.05, 0.1) is 28.6 Å². The average Bonchev–Trinajstić information content (AvgIpc) is 3.04. The van der Waals surface area contributed by atoms with Gasteiger partial charge in [-0.2, -0.15) is 0 Å². The molecule has 26 heavy (non-hydrogen) atoms. The van der Waals surface area contributed by atoms with Gasteiger partial charge >= 0.3 is 5.97 Å². The van der Waals surface area contributed by atoms with Crippen LogP contribution in [0.4, 0.5) is 11.4 Å². The summed E-state index contributed by atoms with van der Waals surface area (Å²) in [5.74, 6) is -1.66. The van der Waals surface area contributed by atoms with E-state index in [0.29, 0.717) is 16.1 Å². The van der Waals surface area contributed by atoms with Gasteiger partial charge < -0.3 is 15.0 Å². The number of aromatic nitrogens is 2. The summed E-state index contributed by atoms with van der Waals surface area (Å²) in [6, 6.07) is 8.64. The van der Waals surface area contributed by atoms with Gasteiger partial charge in [0.2, 0.25) is 0 Å². The van der Waals surface area contributed by atoms with Gasteiger partial charge in [-0.15, -0.1) is 0 Å². The summed E-state index contributed by atoms with van der Waals surface area (Å²) in [7, 11) is 1.13. The van der Waals surface area contributed by atoms with E-state index in [0.717, 1.165) is 7.11 Å². The Bertz CT molecular complexity index is 1050. The number of fused-ring (bicyclic) bond motifs is 1. The van der Waals surface area contributed by atoms with E-state index in [1.54, 1.807) is 18.2 Å². The van der Waals surface area contributed by atoms with Crippen LogP contribution in [0.1, 0.15) is 21.0 Å². The van der Waals surface area contributed by atoms with E-state index >= 15 is 0 Å². The van der Waals surface area contributed by atoms with Crippen LogP contribution in [0.3, 0.4) is 0 Å². The molecule has 0 aliphatic heterocycles. The topological polar surface area (TPSA) is 127 Å². The van der Waals surface area contributed by atoms with Crippen LogP contribution in [0.2, 0.25) is 5.02 Å². The van der Waals surface area contributed by atoms with Crippen molar-refractivity contribution in [2.75, 3.05) is 12.4 Å². The quantitative estimate of drug-likeness (QED) is 0.410. The highest BCUT2D eigenvalue weighted by Crippen LogP contribution is 2.29. The Morgan fingerprint density at radius 2 is 2.08 bits per heavy atom. The van der Waals surface area contributed by atoms with Gasteiger partial charge in [0, 0.05) is 11.1 Å². The standard InChI is InChI=1S/C16H11ClN4O5/c1-26-16(23)9-3-2-4-12(21(24)25)13(9)20-15(22)14-18-10-6-5-8(17)7-11(10)19-14/h2-7H,1H3,(H,18,19)(H,20,22). The zero-order valence-electron chi connectivity index (χ0n) is 13.3. The van der Waals surface area contributed by atoms with E-state index in [4.69, 9.17) is 11.6 Å². The summed E-state index contributed by atoms with van der Waals surface area (Å²) >= 11 is 5.88. The molecule has 0 bridgehead atoms. The number of nitro groups is 1. The molecule has 1 amide bonds. The molecular weight excluding hydrogens is 364 g/mol. The molecule has 0 saturated heterocycles. The average molecular weight is 375 g/mol. The van der Waals surface area contributed by atoms with Crippen LogP contribution in [-0.4, -0.2) is 33.9 Å². The van der Waals surface area contributed by atoms with Crippen LogP contribution in [0.5, 0.6) is 0 Å². The SMILES string of the molecule is COC(=O)c1cccc([N+](=O)[O-])c1NC(=O)c1nc2cc(Cl)ccc2[nH]1. The van der Waals surface area contributed by atoms with Gasteiger partial charge in [-0.25, -0.2) is 9.78 Å². The number of carbonyl (C=O) groups is 2. The first-order valence-corrected chi connectivity index (χ1v) is 7.61. The summed E-state index contributed by atoms with van der Waals surface area (Å²) in [4.78, 5) is 41.8. The second-order valence-corrected chi connectivity index (χ2v) is 5.59. The number of aromatic amines is 1. The number of nitrogens with zero attached hydrogens (tertiary/aromatic N) is 2. The molecule has 0 aliphatic rings. The maximum atomic E-state index is 12.5. The molecule has 1 aromatic heterocycles. The number of methoxy groups -OCH3 is 1. The smallest absolute Gasteiger partial charge is 0.340 e. The second kappa shape index (κ2) is 6.81. The first-order chi connectivity index (χ1) is 12.4. The molecule has 0 aliphatic carbocycles. The van der Waals surface area contributed by atoms with Crippen molar-refractivity contribution in [2.24, 2.45) is 0 Å². The zero-order chi connectivity index (χ0) is 18.8. The largest absolute Gasteiger partial charge is 0.465 e. The van der Waals surface area contributed by atoms with Crippen LogP contribution in [0, 0.1) is 10.1 Å². The maximum absolute atomic E-state index is 12.5. The summed E-state index contributed by atoms with van der Waals surface area (Å²) in [5, 5.41) is 14.1. The molecule has 2 N–H and O–H groups in total. The van der Waals surface area contributed by atoms with E-state index in [9.17, 15) is 19.7 Å². The minimum Gasteiger partial charge on any atom is -0.465 e. The summed E-state index contributed by atoms with van der Waals surface area (Å²) < 4.78 is 4.61. The number of para-hydroxylation sites is 1. The Hall–Kier alpha value is -3.46. The third-order valence-electron chi connectivity index (χ3n) is 3.54. The van der Waals surface area contributed by atoms with Crippen LogP contribution >= 0.6 is 11.6 Å². The molecule has 2 aromatic carbocycles. The highest BCUT2D eigenvalue weighted by atomic mass is 35.5. The summed E-state index contributed by atoms with van der Waals surface area (Å²) in [5.41, 5.74) is 0.163. The van der Waals surface area contributed by atoms with Gasteiger partial charge in [0.25, 0.3) is 11.6 Å². The number of amides is 1. The predicted octanol–water partition coefficient (Wildman–Crippen LogP) is 3.16. The molecule has 132 valence electrons. The Morgan fingerprint density at radius 1 is 1.31 bits per heavy atom. The first-order valence-electron chi connectivity index (χ1n) is 7.23. The Kier molecular flexibility index (Phi) is 4.55. The van der Waals surface area contributed by atoms with Crippen LogP contribution in [-0.2, 0) is 4.74 Å². The number of nitro benzene ring substituents is 1. The van der Waals surface area contributed by atoms with Crippen molar-refractivity contribution in [2.45, 2.75) is 0 Å². The highest BCUT2D eigenvalue weighted by Gasteiger charge is 2.25. The van der Waals surface area contributed by atoms with Crippen molar-refractivity contribution in [1.29, 1.82) is 0 Å². The molecule has 9 nitrogen and oxygen atoms in total. The van der Waals surface area contributed by atoms with Crippen LogP contribution in [0.15, 0.2) is 36.4 Å². The van der Waals surface area contributed by atoms with E-state index in [1.807, 2.05) is 0 Å². The lowest BCUT2D eigenvalue weighted by atomic mass is 10.1. The monoisotopic (exact) mass is 374 g/mol. The molecule has 3 rings (SSSR count). The molecule has 0 saturated carbocycles. The van der Waals surface area contributed by atoms with Gasteiger partial charge in [0.15, 0.2) is 5.82 Å². The number of nitrogens with one attached hydrogen (secondary N) is 2. The maximum Gasteiger partial charge on any atom is 0.340 e. The molecular formula is C16H11ClN4O5. The number of rotatable bonds is 4. The molecule has 10 heteroatoms. The van der Waals surface area contributed by atoms with Crippen LogP contribution in [0.25, 0.3) is 11.0 Å². The number of hydrogen-bond donors (Lipinski definition) is 2. The number of hydrogen-bond acceptors (Lipinski definition) is 6. The first kappa shape index (κ1) is 17.4. The summed E-state index contributed by atoms with van der Waals surface area (Å²) in [6.07, 6.45) is 0. The predicted molar refractivity (Wildman–Crippen MR) is 93.5 cm³/mol. The summed E-state index contributed by atoms with van der Waals surface area (Å²) in [6.45, 7) is 0. The van der Waals surface area contributed by atoms with Gasteiger partial charge in [0.1, 0.15) is 5.69 Å². The van der Waals surface area contributed by atoms with Gasteiger partial charge in [-0.1, -0.05) is 17.7 Å². The van der Waals surface area contributed by atoms with Gasteiger partial charge in [-0.3, -0.25) is 14.9 Å². The van der Waals surface area contributed by atoms with E-state index < -0.39 is 22.5 Å². The molecule has 0 atom stereocenters. The number of halogens is 1. The minimum absolute atomic E-state index is 0.0868. The number of anilines is 1. The highest BCUT2D eigenvalue weighted by molar-refractivity contribution is 6.31. The lowest BCUT2D eigenvalue weighted by Crippen LogP contribution is -2.18. The van der Waals surface area contributed by atoms with E-state index in [-0.39, 0.29) is 17.1 Å². The number of imidazole rings is 1. The molecule has 1 heterocycles. The molecule has 3 aromatic rings. The minimum atomic E-state index is -0.819.